The Morgan fingerprint density at radius 3 is 2.90 bits per heavy atom. The van der Waals surface area contributed by atoms with Crippen molar-refractivity contribution in [1.82, 2.24) is 15.2 Å². The molecule has 1 atom stereocenters. The van der Waals surface area contributed by atoms with Gasteiger partial charge in [0.2, 0.25) is 5.91 Å². The summed E-state index contributed by atoms with van der Waals surface area (Å²) in [4.78, 5) is 30.6. The molecular weight excluding hydrogens is 298 g/mol. The number of carbonyl (C=O) groups excluding carboxylic acids is 2. The van der Waals surface area contributed by atoms with Crippen LogP contribution in [0.4, 0.5) is 0 Å². The molecule has 2 amide bonds. The molecule has 3 rings (SSSR count). The minimum Gasteiger partial charge on any atom is -0.350 e. The van der Waals surface area contributed by atoms with Gasteiger partial charge in [-0.2, -0.15) is 0 Å². The lowest BCUT2D eigenvalue weighted by atomic mass is 10.1. The van der Waals surface area contributed by atoms with Gasteiger partial charge in [-0.1, -0.05) is 11.6 Å². The number of rotatable bonds is 4. The monoisotopic (exact) mass is 313 g/mol. The first-order chi connectivity index (χ1) is 9.54. The first-order valence-corrected chi connectivity index (χ1v) is 7.94. The van der Waals surface area contributed by atoms with Crippen LogP contribution < -0.4 is 5.32 Å². The van der Waals surface area contributed by atoms with E-state index in [-0.39, 0.29) is 17.7 Å². The molecular formula is C13H16ClN3O2S. The third-order valence-corrected chi connectivity index (χ3v) is 4.84. The minimum atomic E-state index is -0.206. The summed E-state index contributed by atoms with van der Waals surface area (Å²) in [6.45, 7) is 3.11. The van der Waals surface area contributed by atoms with Gasteiger partial charge in [0.25, 0.3) is 5.91 Å². The van der Waals surface area contributed by atoms with Gasteiger partial charge in [0.1, 0.15) is 5.69 Å². The molecule has 0 unspecified atom stereocenters. The van der Waals surface area contributed by atoms with Crippen LogP contribution in [0.3, 0.4) is 0 Å². The van der Waals surface area contributed by atoms with Crippen molar-refractivity contribution in [3.8, 4) is 0 Å². The molecule has 1 aromatic rings. The maximum absolute atomic E-state index is 12.0. The molecule has 1 saturated heterocycles. The predicted octanol–water partition coefficient (Wildman–Crippen LogP) is 1.85. The molecule has 5 nitrogen and oxygen atoms in total. The molecule has 1 aliphatic heterocycles. The molecule has 2 aliphatic rings. The Morgan fingerprint density at radius 2 is 2.30 bits per heavy atom. The summed E-state index contributed by atoms with van der Waals surface area (Å²) < 4.78 is 0.378. The Balaban J connectivity index is 1.53. The molecule has 0 aromatic carbocycles. The molecule has 1 saturated carbocycles. The smallest absolute Gasteiger partial charge is 0.271 e. The number of halogens is 1. The standard InChI is InChI=1S/C13H16ClN3O2S/c1-7-11(16-13(14)20-7)12(19)15-5-8-4-10(18)17(6-8)9-2-3-9/h8-9H,2-6H2,1H3,(H,15,19)/t8-/m1/s1. The third-order valence-electron chi connectivity index (χ3n) is 3.76. The summed E-state index contributed by atoms with van der Waals surface area (Å²) in [5.74, 6) is 0.226. The second kappa shape index (κ2) is 5.33. The zero-order valence-corrected chi connectivity index (χ0v) is 12.8. The second-order valence-electron chi connectivity index (χ2n) is 5.43. The van der Waals surface area contributed by atoms with Crippen LogP contribution in [0.1, 0.15) is 34.6 Å². The van der Waals surface area contributed by atoms with Crippen LogP contribution in [0.25, 0.3) is 0 Å². The molecule has 0 radical (unpaired) electrons. The Bertz CT molecular complexity index is 556. The SMILES string of the molecule is Cc1sc(Cl)nc1C(=O)NC[C@H]1CC(=O)N(C2CC2)C1. The van der Waals surface area contributed by atoms with Gasteiger partial charge in [-0.15, -0.1) is 11.3 Å². The van der Waals surface area contributed by atoms with E-state index in [9.17, 15) is 9.59 Å². The van der Waals surface area contributed by atoms with E-state index in [0.717, 1.165) is 24.3 Å². The van der Waals surface area contributed by atoms with Crippen LogP contribution in [0, 0.1) is 12.8 Å². The predicted molar refractivity (Wildman–Crippen MR) is 77.0 cm³/mol. The van der Waals surface area contributed by atoms with Crippen LogP contribution in [0.2, 0.25) is 4.47 Å². The third kappa shape index (κ3) is 2.81. The fraction of sp³-hybridized carbons (Fsp3) is 0.615. The lowest BCUT2D eigenvalue weighted by Crippen LogP contribution is -2.32. The Labute approximate surface area is 126 Å². The van der Waals surface area contributed by atoms with Gasteiger partial charge in [0, 0.05) is 36.3 Å². The number of hydrogen-bond donors (Lipinski definition) is 1. The Hall–Kier alpha value is -1.14. The van der Waals surface area contributed by atoms with Crippen molar-refractivity contribution in [2.75, 3.05) is 13.1 Å². The second-order valence-corrected chi connectivity index (χ2v) is 7.21. The lowest BCUT2D eigenvalue weighted by molar-refractivity contribution is -0.128. The summed E-state index contributed by atoms with van der Waals surface area (Å²) >= 11 is 7.09. The van der Waals surface area contributed by atoms with Crippen molar-refractivity contribution in [2.24, 2.45) is 5.92 Å². The highest BCUT2D eigenvalue weighted by atomic mass is 35.5. The largest absolute Gasteiger partial charge is 0.350 e. The van der Waals surface area contributed by atoms with Crippen LogP contribution in [-0.2, 0) is 4.79 Å². The topological polar surface area (TPSA) is 62.3 Å². The van der Waals surface area contributed by atoms with E-state index in [2.05, 4.69) is 10.3 Å². The number of aromatic nitrogens is 1. The van der Waals surface area contributed by atoms with E-state index in [4.69, 9.17) is 11.6 Å². The van der Waals surface area contributed by atoms with Crippen molar-refractivity contribution in [3.63, 3.8) is 0 Å². The summed E-state index contributed by atoms with van der Waals surface area (Å²) in [5, 5.41) is 2.86. The van der Waals surface area contributed by atoms with E-state index in [1.807, 2.05) is 11.8 Å². The maximum Gasteiger partial charge on any atom is 0.271 e. The van der Waals surface area contributed by atoms with Crippen LogP contribution in [0.15, 0.2) is 0 Å². The number of thiazole rings is 1. The van der Waals surface area contributed by atoms with Gasteiger partial charge < -0.3 is 10.2 Å². The molecule has 2 fully saturated rings. The molecule has 0 spiro atoms. The molecule has 1 aliphatic carbocycles. The fourth-order valence-corrected chi connectivity index (χ4v) is 3.64. The molecule has 2 heterocycles. The molecule has 20 heavy (non-hydrogen) atoms. The van der Waals surface area contributed by atoms with Gasteiger partial charge in [0.15, 0.2) is 4.47 Å². The lowest BCUT2D eigenvalue weighted by Gasteiger charge is -2.15. The number of nitrogens with zero attached hydrogens (tertiary/aromatic N) is 2. The molecule has 1 aromatic heterocycles. The highest BCUT2D eigenvalue weighted by molar-refractivity contribution is 7.15. The quantitative estimate of drug-likeness (QED) is 0.922. The van der Waals surface area contributed by atoms with Crippen LogP contribution in [-0.4, -0.2) is 40.8 Å². The van der Waals surface area contributed by atoms with E-state index in [1.54, 1.807) is 0 Å². The summed E-state index contributed by atoms with van der Waals surface area (Å²) in [6.07, 6.45) is 2.79. The van der Waals surface area contributed by atoms with E-state index >= 15 is 0 Å². The van der Waals surface area contributed by atoms with Crippen molar-refractivity contribution < 1.29 is 9.59 Å². The van der Waals surface area contributed by atoms with Crippen molar-refractivity contribution in [3.05, 3.63) is 15.0 Å². The van der Waals surface area contributed by atoms with Gasteiger partial charge in [-0.05, 0) is 19.8 Å². The summed E-state index contributed by atoms with van der Waals surface area (Å²) in [7, 11) is 0. The number of hydrogen-bond acceptors (Lipinski definition) is 4. The van der Waals surface area contributed by atoms with Gasteiger partial charge in [0.05, 0.1) is 0 Å². The van der Waals surface area contributed by atoms with Crippen molar-refractivity contribution in [1.29, 1.82) is 0 Å². The Kier molecular flexibility index (Phi) is 3.69. The summed E-state index contributed by atoms with van der Waals surface area (Å²) in [6, 6.07) is 0.461. The average Bonchev–Trinajstić information content (AvgIpc) is 3.09. The number of amides is 2. The highest BCUT2D eigenvalue weighted by Gasteiger charge is 2.39. The molecule has 1 N–H and O–H groups in total. The van der Waals surface area contributed by atoms with E-state index in [0.29, 0.717) is 29.2 Å². The summed E-state index contributed by atoms with van der Waals surface area (Å²) in [5.41, 5.74) is 0.392. The molecule has 0 bridgehead atoms. The normalized spacial score (nSPS) is 22.4. The van der Waals surface area contributed by atoms with Gasteiger partial charge >= 0.3 is 0 Å². The number of nitrogens with one attached hydrogen (secondary N) is 1. The van der Waals surface area contributed by atoms with Crippen molar-refractivity contribution in [2.45, 2.75) is 32.2 Å². The Morgan fingerprint density at radius 1 is 1.55 bits per heavy atom. The number of likely N-dealkylation sites (tertiary alicyclic amines) is 1. The highest BCUT2D eigenvalue weighted by Crippen LogP contribution is 2.32. The van der Waals surface area contributed by atoms with Crippen molar-refractivity contribution >= 4 is 34.8 Å². The maximum atomic E-state index is 12.0. The zero-order chi connectivity index (χ0) is 14.3. The van der Waals surface area contributed by atoms with Crippen LogP contribution in [0.5, 0.6) is 0 Å². The molecule has 108 valence electrons. The molecule has 7 heteroatoms. The van der Waals surface area contributed by atoms with Gasteiger partial charge in [-0.3, -0.25) is 9.59 Å². The average molecular weight is 314 g/mol. The zero-order valence-electron chi connectivity index (χ0n) is 11.2. The van der Waals surface area contributed by atoms with E-state index in [1.165, 1.54) is 11.3 Å². The first-order valence-electron chi connectivity index (χ1n) is 6.75. The first kappa shape index (κ1) is 13.8. The number of aryl methyl sites for hydroxylation is 1. The van der Waals surface area contributed by atoms with Gasteiger partial charge in [-0.25, -0.2) is 4.98 Å². The van der Waals surface area contributed by atoms with E-state index < -0.39 is 0 Å². The minimum absolute atomic E-state index is 0.206. The fourth-order valence-electron chi connectivity index (χ4n) is 2.58. The van der Waals surface area contributed by atoms with Crippen LogP contribution >= 0.6 is 22.9 Å². The number of carbonyl (C=O) groups is 2.